The monoisotopic (exact) mass is 466 g/mol. The van der Waals surface area contributed by atoms with Crippen molar-refractivity contribution in [1.29, 1.82) is 0 Å². The van der Waals surface area contributed by atoms with Gasteiger partial charge in [-0.2, -0.15) is 0 Å². The SMILES string of the molecule is CC(C)(C)OC([O-])=NC(CCCCN=C([O-])OCC1c2ccccc2-c2ccccc21)C(=O)O. The van der Waals surface area contributed by atoms with Gasteiger partial charge in [0.15, 0.2) is 0 Å². The molecule has 0 saturated heterocycles. The number of benzene rings is 2. The Morgan fingerprint density at radius 3 is 2.15 bits per heavy atom. The Morgan fingerprint density at radius 1 is 1.00 bits per heavy atom. The van der Waals surface area contributed by atoms with Gasteiger partial charge in [0.05, 0.1) is 0 Å². The van der Waals surface area contributed by atoms with Gasteiger partial charge in [-0.25, -0.2) is 4.79 Å². The maximum Gasteiger partial charge on any atom is 0.328 e. The molecule has 2 aromatic rings. The molecule has 2 aromatic carbocycles. The molecule has 1 unspecified atom stereocenters. The van der Waals surface area contributed by atoms with E-state index in [4.69, 9.17) is 9.47 Å². The molecule has 0 fully saturated rings. The molecule has 0 amide bonds. The van der Waals surface area contributed by atoms with Gasteiger partial charge in [-0.1, -0.05) is 69.3 Å². The van der Waals surface area contributed by atoms with E-state index in [0.717, 1.165) is 22.3 Å². The fraction of sp³-hybridized carbons (Fsp3) is 0.423. The third-order valence-electron chi connectivity index (χ3n) is 5.40. The third kappa shape index (κ3) is 6.73. The fourth-order valence-electron chi connectivity index (χ4n) is 3.92. The first-order valence-corrected chi connectivity index (χ1v) is 11.3. The van der Waals surface area contributed by atoms with E-state index in [9.17, 15) is 20.1 Å². The molecule has 0 aromatic heterocycles. The van der Waals surface area contributed by atoms with Crippen molar-refractivity contribution in [1.82, 2.24) is 0 Å². The molecule has 8 nitrogen and oxygen atoms in total. The minimum absolute atomic E-state index is 0.0302. The summed E-state index contributed by atoms with van der Waals surface area (Å²) in [5.41, 5.74) is 3.82. The van der Waals surface area contributed by atoms with Crippen LogP contribution in [0, 0.1) is 0 Å². The zero-order chi connectivity index (χ0) is 24.7. The number of hydrogen-bond acceptors (Lipinski definition) is 7. The first-order valence-electron chi connectivity index (χ1n) is 11.3. The number of ether oxygens (including phenoxy) is 2. The predicted molar refractivity (Wildman–Crippen MR) is 126 cm³/mol. The predicted octanol–water partition coefficient (Wildman–Crippen LogP) is 2.69. The van der Waals surface area contributed by atoms with Crippen molar-refractivity contribution in [2.45, 2.75) is 57.6 Å². The standard InChI is InChI=1S/C26H32N2O6/c1-26(2,3)34-25(32)28-22(23(29)30)14-8-9-15-27-24(31)33-16-21-19-12-6-4-10-17(19)18-11-5-7-13-20(18)21/h4-7,10-13,21-22H,8-9,14-16H2,1-3H3,(H,27,31)(H,28,32)(H,29,30)/p-2. The lowest BCUT2D eigenvalue weighted by Gasteiger charge is -2.30. The van der Waals surface area contributed by atoms with E-state index in [0.29, 0.717) is 12.8 Å². The van der Waals surface area contributed by atoms with Crippen LogP contribution in [0.4, 0.5) is 0 Å². The lowest BCUT2D eigenvalue weighted by molar-refractivity contribution is -0.261. The Bertz CT molecular complexity index is 1010. The van der Waals surface area contributed by atoms with Crippen LogP contribution in [0.15, 0.2) is 58.5 Å². The van der Waals surface area contributed by atoms with E-state index < -0.39 is 29.8 Å². The number of fused-ring (bicyclic) bond motifs is 3. The van der Waals surface area contributed by atoms with Crippen molar-refractivity contribution in [3.8, 4) is 11.1 Å². The Kier molecular flexibility index (Phi) is 8.15. The number of rotatable bonds is 9. The molecule has 0 aliphatic heterocycles. The number of hydrogen-bond donors (Lipinski definition) is 1. The molecule has 0 radical (unpaired) electrons. The van der Waals surface area contributed by atoms with Crippen LogP contribution in [0.2, 0.25) is 0 Å². The van der Waals surface area contributed by atoms with Crippen LogP contribution in [0.25, 0.3) is 11.1 Å². The van der Waals surface area contributed by atoms with E-state index in [1.54, 1.807) is 20.8 Å². The fourth-order valence-corrected chi connectivity index (χ4v) is 3.92. The van der Waals surface area contributed by atoms with Crippen LogP contribution in [-0.4, -0.2) is 48.0 Å². The van der Waals surface area contributed by atoms with Crippen molar-refractivity contribution in [3.63, 3.8) is 0 Å². The molecule has 0 spiro atoms. The van der Waals surface area contributed by atoms with Crippen molar-refractivity contribution >= 4 is 18.1 Å². The summed E-state index contributed by atoms with van der Waals surface area (Å²) in [7, 11) is 0. The van der Waals surface area contributed by atoms with Gasteiger partial charge in [-0.3, -0.25) is 9.98 Å². The zero-order valence-corrected chi connectivity index (χ0v) is 19.7. The van der Waals surface area contributed by atoms with Crippen LogP contribution in [0.1, 0.15) is 57.1 Å². The average molecular weight is 467 g/mol. The van der Waals surface area contributed by atoms with Crippen molar-refractivity contribution in [3.05, 3.63) is 59.7 Å². The quantitative estimate of drug-likeness (QED) is 0.344. The van der Waals surface area contributed by atoms with Gasteiger partial charge in [-0.15, -0.1) is 0 Å². The Balaban J connectivity index is 1.47. The normalized spacial score (nSPS) is 14.9. The summed E-state index contributed by atoms with van der Waals surface area (Å²) in [5.74, 6) is -1.23. The lowest BCUT2D eigenvalue weighted by Crippen LogP contribution is -2.34. The second-order valence-corrected chi connectivity index (χ2v) is 9.14. The van der Waals surface area contributed by atoms with E-state index in [1.165, 1.54) is 0 Å². The number of aliphatic imine (C=N–C) groups is 2. The summed E-state index contributed by atoms with van der Waals surface area (Å²) >= 11 is 0. The van der Waals surface area contributed by atoms with Crippen molar-refractivity contribution in [2.75, 3.05) is 13.2 Å². The van der Waals surface area contributed by atoms with E-state index in [1.807, 2.05) is 36.4 Å². The Morgan fingerprint density at radius 2 is 1.59 bits per heavy atom. The van der Waals surface area contributed by atoms with Crippen molar-refractivity contribution in [2.24, 2.45) is 9.98 Å². The van der Waals surface area contributed by atoms with Crippen LogP contribution in [-0.2, 0) is 14.3 Å². The number of carboxylic acids is 1. The van der Waals surface area contributed by atoms with Crippen LogP contribution in [0.3, 0.4) is 0 Å². The molecule has 1 N–H and O–H groups in total. The first-order chi connectivity index (χ1) is 16.2. The van der Waals surface area contributed by atoms with Gasteiger partial charge in [0.25, 0.3) is 0 Å². The van der Waals surface area contributed by atoms with Gasteiger partial charge in [-0.05, 0) is 41.5 Å². The minimum Gasteiger partial charge on any atom is -0.599 e. The molecule has 1 atom stereocenters. The highest BCUT2D eigenvalue weighted by atomic mass is 16.6. The maximum atomic E-state index is 12.1. The van der Waals surface area contributed by atoms with Gasteiger partial charge in [0.1, 0.15) is 18.2 Å². The maximum absolute atomic E-state index is 12.1. The highest BCUT2D eigenvalue weighted by Crippen LogP contribution is 2.44. The minimum atomic E-state index is -1.20. The molecule has 0 heterocycles. The molecule has 34 heavy (non-hydrogen) atoms. The Labute approximate surface area is 199 Å². The van der Waals surface area contributed by atoms with Crippen LogP contribution in [0.5, 0.6) is 0 Å². The van der Waals surface area contributed by atoms with Crippen molar-refractivity contribution < 1.29 is 29.6 Å². The number of nitrogens with zero attached hydrogens (tertiary/aromatic N) is 2. The summed E-state index contributed by atoms with van der Waals surface area (Å²) in [6, 6.07) is 15.0. The molecule has 1 aliphatic rings. The molecule has 1 aliphatic carbocycles. The summed E-state index contributed by atoms with van der Waals surface area (Å²) in [5, 5.41) is 33.2. The largest absolute Gasteiger partial charge is 0.599 e. The zero-order valence-electron chi connectivity index (χ0n) is 19.7. The lowest BCUT2D eigenvalue weighted by atomic mass is 9.98. The number of aliphatic carboxylic acids is 1. The van der Waals surface area contributed by atoms with E-state index in [2.05, 4.69) is 22.1 Å². The molecule has 0 bridgehead atoms. The molecule has 8 heteroatoms. The highest BCUT2D eigenvalue weighted by molar-refractivity contribution is 5.79. The van der Waals surface area contributed by atoms with E-state index in [-0.39, 0.29) is 25.5 Å². The molecule has 182 valence electrons. The summed E-state index contributed by atoms with van der Waals surface area (Å²) in [6.07, 6.45) is -0.492. The average Bonchev–Trinajstić information content (AvgIpc) is 3.09. The number of carbonyl (C=O) groups is 1. The van der Waals surface area contributed by atoms with Crippen LogP contribution < -0.4 is 10.2 Å². The van der Waals surface area contributed by atoms with Gasteiger partial charge >= 0.3 is 5.97 Å². The second kappa shape index (κ2) is 11.0. The highest BCUT2D eigenvalue weighted by Gasteiger charge is 2.26. The summed E-state index contributed by atoms with van der Waals surface area (Å²) in [4.78, 5) is 18.9. The van der Waals surface area contributed by atoms with E-state index >= 15 is 0 Å². The van der Waals surface area contributed by atoms with Gasteiger partial charge < -0.3 is 24.8 Å². The topological polar surface area (TPSA) is 127 Å². The second-order valence-electron chi connectivity index (χ2n) is 9.14. The number of carboxylic acid groups (broad SMARTS) is 1. The third-order valence-corrected chi connectivity index (χ3v) is 5.40. The molecule has 3 rings (SSSR count). The number of unbranched alkanes of at least 4 members (excludes halogenated alkanes) is 1. The van der Waals surface area contributed by atoms with Gasteiger partial charge in [0.2, 0.25) is 0 Å². The first kappa shape index (κ1) is 25.1. The molecule has 0 saturated carbocycles. The molecular formula is C26H30N2O6-2. The smallest absolute Gasteiger partial charge is 0.328 e. The van der Waals surface area contributed by atoms with Gasteiger partial charge in [0, 0.05) is 24.7 Å². The Hall–Kier alpha value is -3.55. The molecular weight excluding hydrogens is 436 g/mol. The summed E-state index contributed by atoms with van der Waals surface area (Å²) in [6.45, 7) is 5.45. The van der Waals surface area contributed by atoms with Crippen LogP contribution >= 0.6 is 0 Å². The summed E-state index contributed by atoms with van der Waals surface area (Å²) < 4.78 is 10.5.